The standard InChI is InChI=1S/C18H36O2.C5H9NO4/c1-2-3-4-5-6-7-8-9-10-11-12-13-14-15-16-17-18(19)20;6-3(5(9)10)1-2-4(7)8/h2-17H2,1H3,(H,19,20);3H,1-2,6H2,(H,7,8)(H,9,10)/t;3-/m.0/s1. The van der Waals surface area contributed by atoms with Crippen molar-refractivity contribution in [2.45, 2.75) is 129 Å². The van der Waals surface area contributed by atoms with E-state index in [9.17, 15) is 14.4 Å². The predicted molar refractivity (Wildman–Crippen MR) is 120 cm³/mol. The van der Waals surface area contributed by atoms with Gasteiger partial charge in [-0.25, -0.2) is 0 Å². The van der Waals surface area contributed by atoms with Crippen LogP contribution in [0, 0.1) is 0 Å². The van der Waals surface area contributed by atoms with Gasteiger partial charge in [-0.1, -0.05) is 96.8 Å². The first-order chi connectivity index (χ1) is 14.3. The van der Waals surface area contributed by atoms with Gasteiger partial charge in [-0.15, -0.1) is 0 Å². The van der Waals surface area contributed by atoms with Gasteiger partial charge in [0.1, 0.15) is 6.04 Å². The minimum Gasteiger partial charge on any atom is -0.481 e. The Labute approximate surface area is 182 Å². The summed E-state index contributed by atoms with van der Waals surface area (Å²) in [4.78, 5) is 30.2. The zero-order valence-electron chi connectivity index (χ0n) is 18.9. The first-order valence-electron chi connectivity index (χ1n) is 11.7. The molecular weight excluding hydrogens is 386 g/mol. The van der Waals surface area contributed by atoms with Crippen LogP contribution in [-0.4, -0.2) is 39.3 Å². The van der Waals surface area contributed by atoms with Gasteiger partial charge in [-0.3, -0.25) is 14.4 Å². The molecule has 0 amide bonds. The highest BCUT2D eigenvalue weighted by atomic mass is 16.4. The Morgan fingerprint density at radius 1 is 0.600 bits per heavy atom. The van der Waals surface area contributed by atoms with E-state index < -0.39 is 23.9 Å². The van der Waals surface area contributed by atoms with Gasteiger partial charge in [0.15, 0.2) is 0 Å². The van der Waals surface area contributed by atoms with Gasteiger partial charge in [-0.2, -0.15) is 0 Å². The van der Waals surface area contributed by atoms with Crippen LogP contribution in [0.15, 0.2) is 0 Å². The van der Waals surface area contributed by atoms with E-state index in [4.69, 9.17) is 21.1 Å². The lowest BCUT2D eigenvalue weighted by Crippen LogP contribution is -2.30. The van der Waals surface area contributed by atoms with E-state index in [0.29, 0.717) is 6.42 Å². The largest absolute Gasteiger partial charge is 0.481 e. The molecule has 0 aliphatic heterocycles. The van der Waals surface area contributed by atoms with Crippen LogP contribution in [0.25, 0.3) is 0 Å². The normalized spacial score (nSPS) is 11.4. The number of unbranched alkanes of at least 4 members (excludes halogenated alkanes) is 14. The molecule has 7 heteroatoms. The molecule has 0 unspecified atom stereocenters. The van der Waals surface area contributed by atoms with E-state index in [0.717, 1.165) is 12.8 Å². The van der Waals surface area contributed by atoms with Crippen LogP contribution >= 0.6 is 0 Å². The molecule has 7 nitrogen and oxygen atoms in total. The molecule has 0 aliphatic rings. The van der Waals surface area contributed by atoms with Crippen LogP contribution in [0.5, 0.6) is 0 Å². The lowest BCUT2D eigenvalue weighted by Gasteiger charge is -2.03. The minimum atomic E-state index is -1.17. The van der Waals surface area contributed by atoms with E-state index in [1.54, 1.807) is 0 Å². The van der Waals surface area contributed by atoms with Crippen LogP contribution in [-0.2, 0) is 14.4 Å². The molecule has 178 valence electrons. The number of nitrogens with two attached hydrogens (primary N) is 1. The van der Waals surface area contributed by atoms with Crippen molar-refractivity contribution < 1.29 is 29.7 Å². The number of carboxylic acids is 3. The van der Waals surface area contributed by atoms with Crippen molar-refractivity contribution in [1.29, 1.82) is 0 Å². The summed E-state index contributed by atoms with van der Waals surface area (Å²) in [7, 11) is 0. The highest BCUT2D eigenvalue weighted by Gasteiger charge is 2.12. The second-order valence-corrected chi connectivity index (χ2v) is 7.97. The Morgan fingerprint density at radius 2 is 0.933 bits per heavy atom. The van der Waals surface area contributed by atoms with Gasteiger partial charge >= 0.3 is 17.9 Å². The molecule has 0 aromatic rings. The summed E-state index contributed by atoms with van der Waals surface area (Å²) < 4.78 is 0. The van der Waals surface area contributed by atoms with Crippen molar-refractivity contribution in [3.8, 4) is 0 Å². The number of hydrogen-bond acceptors (Lipinski definition) is 4. The molecule has 0 saturated carbocycles. The van der Waals surface area contributed by atoms with E-state index in [1.807, 2.05) is 0 Å². The van der Waals surface area contributed by atoms with Crippen molar-refractivity contribution >= 4 is 17.9 Å². The maximum atomic E-state index is 10.3. The highest BCUT2D eigenvalue weighted by molar-refractivity contribution is 5.74. The zero-order chi connectivity index (χ0) is 23.0. The van der Waals surface area contributed by atoms with Crippen LogP contribution in [0.1, 0.15) is 122 Å². The fraction of sp³-hybridized carbons (Fsp3) is 0.870. The fourth-order valence-electron chi connectivity index (χ4n) is 3.05. The Kier molecular flexibility index (Phi) is 24.1. The number of rotatable bonds is 20. The number of carboxylic acid groups (broad SMARTS) is 3. The zero-order valence-corrected chi connectivity index (χ0v) is 18.9. The topological polar surface area (TPSA) is 138 Å². The molecule has 0 spiro atoms. The molecule has 0 aromatic carbocycles. The summed E-state index contributed by atoms with van der Waals surface area (Å²) in [6.07, 6.45) is 20.0. The number of hydrogen-bond donors (Lipinski definition) is 4. The third kappa shape index (κ3) is 28.6. The average molecular weight is 432 g/mol. The van der Waals surface area contributed by atoms with Gasteiger partial charge in [-0.05, 0) is 12.8 Å². The van der Waals surface area contributed by atoms with Crippen LogP contribution in [0.4, 0.5) is 0 Å². The van der Waals surface area contributed by atoms with Gasteiger partial charge in [0, 0.05) is 12.8 Å². The minimum absolute atomic E-state index is 0.0231. The van der Waals surface area contributed by atoms with Crippen LogP contribution < -0.4 is 5.73 Å². The monoisotopic (exact) mass is 431 g/mol. The second kappa shape index (κ2) is 23.6. The Hall–Kier alpha value is -1.63. The van der Waals surface area contributed by atoms with Crippen molar-refractivity contribution in [3.05, 3.63) is 0 Å². The summed E-state index contributed by atoms with van der Waals surface area (Å²) in [6, 6.07) is -1.06. The van der Waals surface area contributed by atoms with Crippen molar-refractivity contribution in [3.63, 3.8) is 0 Å². The molecule has 1 atom stereocenters. The molecule has 0 bridgehead atoms. The van der Waals surface area contributed by atoms with Gasteiger partial charge in [0.2, 0.25) is 0 Å². The van der Waals surface area contributed by atoms with Crippen molar-refractivity contribution in [2.24, 2.45) is 5.73 Å². The number of aliphatic carboxylic acids is 3. The molecule has 30 heavy (non-hydrogen) atoms. The van der Waals surface area contributed by atoms with Crippen LogP contribution in [0.3, 0.4) is 0 Å². The molecule has 0 radical (unpaired) electrons. The predicted octanol–water partition coefficient (Wildman–Crippen LogP) is 5.60. The van der Waals surface area contributed by atoms with Crippen LogP contribution in [0.2, 0.25) is 0 Å². The molecule has 0 aromatic heterocycles. The van der Waals surface area contributed by atoms with E-state index >= 15 is 0 Å². The smallest absolute Gasteiger partial charge is 0.320 e. The van der Waals surface area contributed by atoms with Gasteiger partial charge < -0.3 is 21.1 Å². The first-order valence-corrected chi connectivity index (χ1v) is 11.7. The summed E-state index contributed by atoms with van der Waals surface area (Å²) in [6.45, 7) is 2.27. The first kappa shape index (κ1) is 30.6. The number of carbonyl (C=O) groups is 3. The molecule has 0 saturated heterocycles. The Bertz CT molecular complexity index is 428. The van der Waals surface area contributed by atoms with Crippen molar-refractivity contribution in [1.82, 2.24) is 0 Å². The molecule has 0 rings (SSSR count). The van der Waals surface area contributed by atoms with E-state index in [1.165, 1.54) is 83.5 Å². The Morgan fingerprint density at radius 3 is 1.23 bits per heavy atom. The Balaban J connectivity index is 0. The molecule has 0 fully saturated rings. The van der Waals surface area contributed by atoms with Crippen molar-refractivity contribution in [2.75, 3.05) is 0 Å². The quantitative estimate of drug-likeness (QED) is 0.184. The van der Waals surface area contributed by atoms with E-state index in [2.05, 4.69) is 6.92 Å². The third-order valence-electron chi connectivity index (χ3n) is 4.98. The SMILES string of the molecule is CCCCCCCCCCCCCCCCCC(=O)O.N[C@@H](CCC(=O)O)C(=O)O. The fourth-order valence-corrected chi connectivity index (χ4v) is 3.05. The highest BCUT2D eigenvalue weighted by Crippen LogP contribution is 2.13. The molecular formula is C23H45NO6. The summed E-state index contributed by atoms with van der Waals surface area (Å²) in [5.74, 6) is -2.85. The second-order valence-electron chi connectivity index (χ2n) is 7.97. The average Bonchev–Trinajstić information content (AvgIpc) is 2.69. The summed E-state index contributed by atoms with van der Waals surface area (Å²) in [5.41, 5.74) is 5.00. The maximum absolute atomic E-state index is 10.3. The third-order valence-corrected chi connectivity index (χ3v) is 4.98. The van der Waals surface area contributed by atoms with E-state index in [-0.39, 0.29) is 12.8 Å². The van der Waals surface area contributed by atoms with Gasteiger partial charge in [0.25, 0.3) is 0 Å². The maximum Gasteiger partial charge on any atom is 0.320 e. The summed E-state index contributed by atoms with van der Waals surface area (Å²) >= 11 is 0. The van der Waals surface area contributed by atoms with Gasteiger partial charge in [0.05, 0.1) is 0 Å². The molecule has 0 heterocycles. The molecule has 5 N–H and O–H groups in total. The lowest BCUT2D eigenvalue weighted by atomic mass is 10.0. The molecule has 0 aliphatic carbocycles. The summed E-state index contributed by atoms with van der Waals surface area (Å²) in [5, 5.41) is 24.8. The lowest BCUT2D eigenvalue weighted by molar-refractivity contribution is -0.140.